The first-order valence-electron chi connectivity index (χ1n) is 8.26. The molecule has 0 bridgehead atoms. The normalized spacial score (nSPS) is 14.7. The predicted molar refractivity (Wildman–Crippen MR) is 105 cm³/mol. The molecule has 2 aromatic carbocycles. The average Bonchev–Trinajstić information content (AvgIpc) is 2.67. The van der Waals surface area contributed by atoms with Gasteiger partial charge in [-0.15, -0.1) is 0 Å². The van der Waals surface area contributed by atoms with Gasteiger partial charge in [0, 0.05) is 42.8 Å². The van der Waals surface area contributed by atoms with Gasteiger partial charge < -0.3 is 9.80 Å². The summed E-state index contributed by atoms with van der Waals surface area (Å²) in [5.74, 6) is -0.0528. The lowest BCUT2D eigenvalue weighted by Gasteiger charge is -2.35. The number of nitro benzene ring substituents is 1. The van der Waals surface area contributed by atoms with E-state index in [1.54, 1.807) is 35.3 Å². The van der Waals surface area contributed by atoms with E-state index in [0.717, 1.165) is 10.0 Å². The smallest absolute Gasteiger partial charge is 0.292 e. The molecule has 7 heteroatoms. The molecule has 3 rings (SSSR count). The number of anilines is 1. The fourth-order valence-corrected chi connectivity index (χ4v) is 3.35. The van der Waals surface area contributed by atoms with Crippen molar-refractivity contribution in [2.24, 2.45) is 0 Å². The quantitative estimate of drug-likeness (QED) is 0.433. The van der Waals surface area contributed by atoms with Crippen molar-refractivity contribution in [3.8, 4) is 0 Å². The van der Waals surface area contributed by atoms with Crippen molar-refractivity contribution >= 4 is 39.3 Å². The molecule has 1 amide bonds. The Bertz CT molecular complexity index is 845. The first-order chi connectivity index (χ1) is 12.6. The second-order valence-corrected chi connectivity index (χ2v) is 6.77. The zero-order valence-corrected chi connectivity index (χ0v) is 15.6. The Hall–Kier alpha value is -2.67. The van der Waals surface area contributed by atoms with Crippen LogP contribution in [-0.4, -0.2) is 41.9 Å². The topological polar surface area (TPSA) is 66.7 Å². The van der Waals surface area contributed by atoms with Crippen molar-refractivity contribution in [2.45, 2.75) is 0 Å². The summed E-state index contributed by atoms with van der Waals surface area (Å²) in [5, 5.41) is 11.2. The van der Waals surface area contributed by atoms with Gasteiger partial charge in [-0.2, -0.15) is 0 Å². The van der Waals surface area contributed by atoms with Gasteiger partial charge in [-0.3, -0.25) is 14.9 Å². The lowest BCUT2D eigenvalue weighted by Crippen LogP contribution is -2.48. The van der Waals surface area contributed by atoms with Crippen LogP contribution in [-0.2, 0) is 4.79 Å². The maximum atomic E-state index is 12.4. The Morgan fingerprint density at radius 1 is 1.04 bits per heavy atom. The van der Waals surface area contributed by atoms with E-state index < -0.39 is 0 Å². The number of nitrogens with zero attached hydrogens (tertiary/aromatic N) is 3. The molecule has 1 heterocycles. The van der Waals surface area contributed by atoms with Crippen LogP contribution in [0.25, 0.3) is 6.08 Å². The van der Waals surface area contributed by atoms with Gasteiger partial charge in [0.15, 0.2) is 0 Å². The van der Waals surface area contributed by atoms with Gasteiger partial charge in [0.25, 0.3) is 5.69 Å². The second kappa shape index (κ2) is 8.14. The number of benzene rings is 2. The number of hydrogen-bond acceptors (Lipinski definition) is 4. The fraction of sp³-hybridized carbons (Fsp3) is 0.211. The van der Waals surface area contributed by atoms with Crippen LogP contribution in [0.4, 0.5) is 11.4 Å². The number of carbonyl (C=O) groups is 1. The maximum absolute atomic E-state index is 12.4. The highest BCUT2D eigenvalue weighted by molar-refractivity contribution is 9.10. The van der Waals surface area contributed by atoms with E-state index in [0.29, 0.717) is 31.9 Å². The van der Waals surface area contributed by atoms with Crippen molar-refractivity contribution < 1.29 is 9.72 Å². The number of halogens is 1. The van der Waals surface area contributed by atoms with E-state index in [-0.39, 0.29) is 16.5 Å². The molecule has 26 heavy (non-hydrogen) atoms. The van der Waals surface area contributed by atoms with E-state index >= 15 is 0 Å². The third-order valence-electron chi connectivity index (χ3n) is 4.32. The molecule has 0 N–H and O–H groups in total. The molecule has 0 unspecified atom stereocenters. The summed E-state index contributed by atoms with van der Waals surface area (Å²) in [6.07, 6.45) is 3.36. The van der Waals surface area contributed by atoms with E-state index in [4.69, 9.17) is 0 Å². The summed E-state index contributed by atoms with van der Waals surface area (Å²) < 4.78 is 0.935. The van der Waals surface area contributed by atoms with Crippen molar-refractivity contribution in [1.82, 2.24) is 4.90 Å². The zero-order valence-electron chi connectivity index (χ0n) is 14.0. The number of carbonyl (C=O) groups excluding carboxylic acids is 1. The van der Waals surface area contributed by atoms with Gasteiger partial charge in [0.05, 0.1) is 4.92 Å². The van der Waals surface area contributed by atoms with Crippen LogP contribution < -0.4 is 4.90 Å². The van der Waals surface area contributed by atoms with Crippen molar-refractivity contribution in [3.63, 3.8) is 0 Å². The van der Waals surface area contributed by atoms with Gasteiger partial charge in [0.2, 0.25) is 5.91 Å². The Labute approximate surface area is 160 Å². The zero-order chi connectivity index (χ0) is 18.5. The average molecular weight is 416 g/mol. The van der Waals surface area contributed by atoms with Crippen LogP contribution >= 0.6 is 15.9 Å². The molecule has 0 aliphatic carbocycles. The Balaban J connectivity index is 1.63. The van der Waals surface area contributed by atoms with Gasteiger partial charge >= 0.3 is 0 Å². The van der Waals surface area contributed by atoms with Crippen LogP contribution in [0.2, 0.25) is 0 Å². The highest BCUT2D eigenvalue weighted by Gasteiger charge is 2.24. The van der Waals surface area contributed by atoms with Crippen LogP contribution in [0, 0.1) is 10.1 Å². The highest BCUT2D eigenvalue weighted by atomic mass is 79.9. The SMILES string of the molecule is O=C(/C=C/c1ccccc1Br)N1CCN(c2ccccc2[N+](=O)[O-])CC1. The largest absolute Gasteiger partial charge is 0.362 e. The molecule has 0 atom stereocenters. The van der Waals surface area contributed by atoms with E-state index in [9.17, 15) is 14.9 Å². The monoisotopic (exact) mass is 415 g/mol. The number of hydrogen-bond donors (Lipinski definition) is 0. The summed E-state index contributed by atoms with van der Waals surface area (Å²) in [7, 11) is 0. The minimum atomic E-state index is -0.368. The van der Waals surface area contributed by atoms with E-state index in [2.05, 4.69) is 15.9 Å². The van der Waals surface area contributed by atoms with Crippen LogP contribution in [0.1, 0.15) is 5.56 Å². The maximum Gasteiger partial charge on any atom is 0.292 e. The Morgan fingerprint density at radius 2 is 1.69 bits per heavy atom. The third kappa shape index (κ3) is 4.11. The number of piperazine rings is 1. The molecule has 6 nitrogen and oxygen atoms in total. The van der Waals surface area contributed by atoms with Crippen molar-refractivity contribution in [2.75, 3.05) is 31.1 Å². The second-order valence-electron chi connectivity index (χ2n) is 5.91. The highest BCUT2D eigenvalue weighted by Crippen LogP contribution is 2.28. The molecule has 0 saturated carbocycles. The number of para-hydroxylation sites is 2. The van der Waals surface area contributed by atoms with Gasteiger partial charge in [-0.1, -0.05) is 46.3 Å². The summed E-state index contributed by atoms with van der Waals surface area (Å²) >= 11 is 3.46. The first-order valence-corrected chi connectivity index (χ1v) is 9.05. The minimum absolute atomic E-state index is 0.0528. The van der Waals surface area contributed by atoms with Crippen LogP contribution in [0.15, 0.2) is 59.1 Å². The first kappa shape index (κ1) is 18.1. The summed E-state index contributed by atoms with van der Waals surface area (Å²) in [6.45, 7) is 2.20. The van der Waals surface area contributed by atoms with E-state index in [1.165, 1.54) is 6.07 Å². The lowest BCUT2D eigenvalue weighted by molar-refractivity contribution is -0.384. The molecule has 1 fully saturated rings. The minimum Gasteiger partial charge on any atom is -0.362 e. The number of rotatable bonds is 4. The fourth-order valence-electron chi connectivity index (χ4n) is 2.93. The molecule has 0 spiro atoms. The molecular formula is C19H18BrN3O3. The van der Waals surface area contributed by atoms with Gasteiger partial charge in [-0.25, -0.2) is 0 Å². The van der Waals surface area contributed by atoms with Crippen molar-refractivity contribution in [1.29, 1.82) is 0 Å². The lowest BCUT2D eigenvalue weighted by atomic mass is 10.2. The van der Waals surface area contributed by atoms with Gasteiger partial charge in [-0.05, 0) is 23.8 Å². The number of nitro groups is 1. The summed E-state index contributed by atoms with van der Waals surface area (Å²) in [5.41, 5.74) is 1.65. The van der Waals surface area contributed by atoms with Crippen LogP contribution in [0.5, 0.6) is 0 Å². The number of amides is 1. The summed E-state index contributed by atoms with van der Waals surface area (Å²) in [4.78, 5) is 26.9. The summed E-state index contributed by atoms with van der Waals surface area (Å²) in [6, 6.07) is 14.4. The predicted octanol–water partition coefficient (Wildman–Crippen LogP) is 3.72. The van der Waals surface area contributed by atoms with Crippen molar-refractivity contribution in [3.05, 3.63) is 74.8 Å². The molecular weight excluding hydrogens is 398 g/mol. The molecule has 1 aliphatic rings. The molecule has 1 saturated heterocycles. The molecule has 0 aromatic heterocycles. The molecule has 134 valence electrons. The molecule has 0 radical (unpaired) electrons. The molecule has 2 aromatic rings. The molecule has 1 aliphatic heterocycles. The van der Waals surface area contributed by atoms with E-state index in [1.807, 2.05) is 29.2 Å². The van der Waals surface area contributed by atoms with Gasteiger partial charge in [0.1, 0.15) is 5.69 Å². The standard InChI is InChI=1S/C19H18BrN3O3/c20-16-6-2-1-5-15(16)9-10-19(24)22-13-11-21(12-14-22)17-7-3-4-8-18(17)23(25)26/h1-10H,11-14H2/b10-9+. The Morgan fingerprint density at radius 3 is 2.38 bits per heavy atom. The Kier molecular flexibility index (Phi) is 5.68. The third-order valence-corrected chi connectivity index (χ3v) is 5.04. The van der Waals surface area contributed by atoms with Crippen LogP contribution in [0.3, 0.4) is 0 Å².